The maximum Gasteiger partial charge on any atom is 0.277 e. The quantitative estimate of drug-likeness (QED) is 0.532. The summed E-state index contributed by atoms with van der Waals surface area (Å²) in [7, 11) is 0. The summed E-state index contributed by atoms with van der Waals surface area (Å²) in [6.07, 6.45) is 0.0829. The highest BCUT2D eigenvalue weighted by atomic mass is 79.9. The molecule has 0 aliphatic carbocycles. The van der Waals surface area contributed by atoms with E-state index in [4.69, 9.17) is 4.74 Å². The van der Waals surface area contributed by atoms with Crippen molar-refractivity contribution in [2.45, 2.75) is 20.3 Å². The van der Waals surface area contributed by atoms with Crippen molar-refractivity contribution in [2.75, 3.05) is 11.9 Å². The van der Waals surface area contributed by atoms with Gasteiger partial charge >= 0.3 is 0 Å². The second-order valence-corrected chi connectivity index (χ2v) is 6.55. The highest BCUT2D eigenvalue weighted by Crippen LogP contribution is 2.25. The van der Waals surface area contributed by atoms with Gasteiger partial charge < -0.3 is 10.1 Å². The zero-order valence-corrected chi connectivity index (χ0v) is 16.2. The van der Waals surface area contributed by atoms with Gasteiger partial charge in [-0.15, -0.1) is 0 Å². The molecule has 2 aromatic rings. The van der Waals surface area contributed by atoms with Gasteiger partial charge in [0, 0.05) is 11.4 Å². The van der Waals surface area contributed by atoms with Crippen LogP contribution in [0.1, 0.15) is 18.9 Å². The molecular formula is C19H20BrN3O3. The molecule has 0 aliphatic rings. The molecule has 2 rings (SSSR count). The average Bonchev–Trinajstić information content (AvgIpc) is 2.60. The van der Waals surface area contributed by atoms with Crippen LogP contribution in [0.4, 0.5) is 5.69 Å². The maximum absolute atomic E-state index is 11.9. The minimum absolute atomic E-state index is 0.0829. The van der Waals surface area contributed by atoms with Gasteiger partial charge in [0.25, 0.3) is 5.91 Å². The SMILES string of the molecule is C/C(CC(=O)Nc1ccccc1)=N/NC(=O)COc1ccc(C)cc1Br. The van der Waals surface area contributed by atoms with E-state index >= 15 is 0 Å². The lowest BCUT2D eigenvalue weighted by Crippen LogP contribution is -2.26. The molecule has 26 heavy (non-hydrogen) atoms. The summed E-state index contributed by atoms with van der Waals surface area (Å²) in [6, 6.07) is 14.7. The van der Waals surface area contributed by atoms with Crippen LogP contribution >= 0.6 is 15.9 Å². The minimum Gasteiger partial charge on any atom is -0.483 e. The molecule has 0 spiro atoms. The van der Waals surface area contributed by atoms with Gasteiger partial charge in [-0.25, -0.2) is 5.43 Å². The molecule has 2 aromatic carbocycles. The Morgan fingerprint density at radius 2 is 1.85 bits per heavy atom. The molecule has 0 aliphatic heterocycles. The molecular weight excluding hydrogens is 398 g/mol. The minimum atomic E-state index is -0.403. The van der Waals surface area contributed by atoms with Gasteiger partial charge in [0.1, 0.15) is 5.75 Å². The fourth-order valence-corrected chi connectivity index (χ4v) is 2.66. The van der Waals surface area contributed by atoms with Gasteiger partial charge in [-0.1, -0.05) is 24.3 Å². The lowest BCUT2D eigenvalue weighted by atomic mass is 10.2. The van der Waals surface area contributed by atoms with E-state index < -0.39 is 5.91 Å². The Kier molecular flexibility index (Phi) is 7.35. The molecule has 0 radical (unpaired) electrons. The van der Waals surface area contributed by atoms with Crippen LogP contribution in [0, 0.1) is 6.92 Å². The molecule has 6 nitrogen and oxygen atoms in total. The van der Waals surface area contributed by atoms with Gasteiger partial charge in [-0.2, -0.15) is 5.10 Å². The largest absolute Gasteiger partial charge is 0.483 e. The predicted octanol–water partition coefficient (Wildman–Crippen LogP) is 3.66. The van der Waals surface area contributed by atoms with Crippen LogP contribution in [-0.2, 0) is 9.59 Å². The number of benzene rings is 2. The Morgan fingerprint density at radius 3 is 2.54 bits per heavy atom. The smallest absolute Gasteiger partial charge is 0.277 e. The molecule has 7 heteroatoms. The third-order valence-corrected chi connectivity index (χ3v) is 3.91. The van der Waals surface area contributed by atoms with Gasteiger partial charge in [0.15, 0.2) is 6.61 Å². The summed E-state index contributed by atoms with van der Waals surface area (Å²) >= 11 is 3.39. The fourth-order valence-electron chi connectivity index (χ4n) is 2.05. The molecule has 0 heterocycles. The van der Waals surface area contributed by atoms with Crippen LogP contribution in [0.25, 0.3) is 0 Å². The Labute approximate surface area is 160 Å². The number of ether oxygens (including phenoxy) is 1. The third kappa shape index (κ3) is 6.68. The first-order valence-corrected chi connectivity index (χ1v) is 8.79. The number of aryl methyl sites for hydroxylation is 1. The maximum atomic E-state index is 11.9. The number of carbonyl (C=O) groups is 2. The van der Waals surface area contributed by atoms with Crippen LogP contribution < -0.4 is 15.5 Å². The second-order valence-electron chi connectivity index (χ2n) is 5.70. The van der Waals surface area contributed by atoms with E-state index in [1.54, 1.807) is 25.1 Å². The Hall–Kier alpha value is -2.67. The monoisotopic (exact) mass is 417 g/mol. The van der Waals surface area contributed by atoms with E-state index in [0.717, 1.165) is 10.0 Å². The summed E-state index contributed by atoms with van der Waals surface area (Å²) in [6.45, 7) is 3.46. The average molecular weight is 418 g/mol. The lowest BCUT2D eigenvalue weighted by molar-refractivity contribution is -0.123. The molecule has 0 saturated carbocycles. The van der Waals surface area contributed by atoms with Crippen molar-refractivity contribution in [1.82, 2.24) is 5.43 Å². The number of nitrogens with zero attached hydrogens (tertiary/aromatic N) is 1. The van der Waals surface area contributed by atoms with Crippen molar-refractivity contribution in [3.05, 3.63) is 58.6 Å². The van der Waals surface area contributed by atoms with Crippen LogP contribution in [0.15, 0.2) is 58.1 Å². The number of hydrazone groups is 1. The fraction of sp³-hybridized carbons (Fsp3) is 0.211. The first-order valence-electron chi connectivity index (χ1n) is 8.00. The standard InChI is InChI=1S/C19H20BrN3O3/c1-13-8-9-17(16(20)10-13)26-12-19(25)23-22-14(2)11-18(24)21-15-6-4-3-5-7-15/h3-10H,11-12H2,1-2H3,(H,21,24)(H,23,25)/b22-14-. The van der Waals surface area contributed by atoms with E-state index in [-0.39, 0.29) is 18.9 Å². The topological polar surface area (TPSA) is 79.8 Å². The van der Waals surface area contributed by atoms with Crippen LogP contribution in [0.5, 0.6) is 5.75 Å². The lowest BCUT2D eigenvalue weighted by Gasteiger charge is -2.08. The van der Waals surface area contributed by atoms with E-state index in [0.29, 0.717) is 17.1 Å². The molecule has 136 valence electrons. The highest BCUT2D eigenvalue weighted by molar-refractivity contribution is 9.10. The number of nitrogens with one attached hydrogen (secondary N) is 2. The Bertz CT molecular complexity index is 807. The zero-order valence-electron chi connectivity index (χ0n) is 14.6. The molecule has 0 atom stereocenters. The van der Waals surface area contributed by atoms with Crippen molar-refractivity contribution in [3.8, 4) is 5.75 Å². The van der Waals surface area contributed by atoms with Gasteiger partial charge in [0.05, 0.1) is 10.9 Å². The van der Waals surface area contributed by atoms with E-state index in [1.165, 1.54) is 0 Å². The number of halogens is 1. The van der Waals surface area contributed by atoms with E-state index in [1.807, 2.05) is 37.3 Å². The van der Waals surface area contributed by atoms with E-state index in [9.17, 15) is 9.59 Å². The van der Waals surface area contributed by atoms with Crippen LogP contribution in [0.3, 0.4) is 0 Å². The summed E-state index contributed by atoms with van der Waals surface area (Å²) in [5.41, 5.74) is 4.67. The van der Waals surface area contributed by atoms with Gasteiger partial charge in [-0.3, -0.25) is 9.59 Å². The molecule has 0 bridgehead atoms. The molecule has 0 unspecified atom stereocenters. The zero-order chi connectivity index (χ0) is 18.9. The number of hydrogen-bond donors (Lipinski definition) is 2. The third-order valence-electron chi connectivity index (χ3n) is 3.29. The number of anilines is 1. The van der Waals surface area contributed by atoms with Crippen molar-refractivity contribution < 1.29 is 14.3 Å². The number of rotatable bonds is 7. The number of hydrogen-bond acceptors (Lipinski definition) is 4. The van der Waals surface area contributed by atoms with Crippen molar-refractivity contribution in [1.29, 1.82) is 0 Å². The summed E-state index contributed by atoms with van der Waals surface area (Å²) in [5, 5.41) is 6.67. The normalized spacial score (nSPS) is 11.0. The predicted molar refractivity (Wildman–Crippen MR) is 105 cm³/mol. The first-order chi connectivity index (χ1) is 12.4. The summed E-state index contributed by atoms with van der Waals surface area (Å²) < 4.78 is 6.22. The molecule has 0 fully saturated rings. The Morgan fingerprint density at radius 1 is 1.12 bits per heavy atom. The number of carbonyl (C=O) groups excluding carboxylic acids is 2. The van der Waals surface area contributed by atoms with Crippen molar-refractivity contribution >= 4 is 39.1 Å². The second kappa shape index (κ2) is 9.72. The number of para-hydroxylation sites is 1. The molecule has 0 saturated heterocycles. The molecule has 0 aromatic heterocycles. The summed E-state index contributed by atoms with van der Waals surface area (Å²) in [4.78, 5) is 23.7. The van der Waals surface area contributed by atoms with Gasteiger partial charge in [0.2, 0.25) is 5.91 Å². The van der Waals surface area contributed by atoms with Crippen molar-refractivity contribution in [2.24, 2.45) is 5.10 Å². The first kappa shape index (κ1) is 19.7. The number of amides is 2. The van der Waals surface area contributed by atoms with Crippen LogP contribution in [-0.4, -0.2) is 24.1 Å². The highest BCUT2D eigenvalue weighted by Gasteiger charge is 2.07. The van der Waals surface area contributed by atoms with E-state index in [2.05, 4.69) is 31.8 Å². The van der Waals surface area contributed by atoms with Crippen molar-refractivity contribution in [3.63, 3.8) is 0 Å². The molecule has 2 N–H and O–H groups in total. The summed E-state index contributed by atoms with van der Waals surface area (Å²) in [5.74, 6) is -0.0273. The molecule has 2 amide bonds. The van der Waals surface area contributed by atoms with Crippen LogP contribution in [0.2, 0.25) is 0 Å². The van der Waals surface area contributed by atoms with Gasteiger partial charge in [-0.05, 0) is 59.6 Å². The Balaban J connectivity index is 1.76.